The van der Waals surface area contributed by atoms with Crippen LogP contribution in [0.3, 0.4) is 0 Å². The van der Waals surface area contributed by atoms with E-state index in [-0.39, 0.29) is 17.6 Å². The van der Waals surface area contributed by atoms with Crippen molar-refractivity contribution in [2.24, 2.45) is 0 Å². The lowest BCUT2D eigenvalue weighted by Crippen LogP contribution is -2.34. The first-order valence-corrected chi connectivity index (χ1v) is 8.01. The third-order valence-corrected chi connectivity index (χ3v) is 4.58. The number of hydrogen-bond acceptors (Lipinski definition) is 5. The largest absolute Gasteiger partial charge is 0.350 e. The van der Waals surface area contributed by atoms with Crippen molar-refractivity contribution >= 4 is 22.9 Å². The second-order valence-corrected chi connectivity index (χ2v) is 6.44. The highest BCUT2D eigenvalue weighted by Gasteiger charge is 2.18. The van der Waals surface area contributed by atoms with Gasteiger partial charge in [0.1, 0.15) is 0 Å². The summed E-state index contributed by atoms with van der Waals surface area (Å²) < 4.78 is 0. The molecule has 7 heteroatoms. The van der Waals surface area contributed by atoms with E-state index in [9.17, 15) is 14.9 Å². The Morgan fingerprint density at radius 3 is 2.65 bits per heavy atom. The van der Waals surface area contributed by atoms with Crippen LogP contribution in [0.4, 0.5) is 5.69 Å². The molecule has 1 aromatic heterocycles. The van der Waals surface area contributed by atoms with Crippen LogP contribution in [0.15, 0.2) is 35.7 Å². The van der Waals surface area contributed by atoms with E-state index in [1.54, 1.807) is 24.3 Å². The van der Waals surface area contributed by atoms with Crippen LogP contribution in [0, 0.1) is 17.0 Å². The Balaban J connectivity index is 2.07. The highest BCUT2D eigenvalue weighted by molar-refractivity contribution is 7.10. The van der Waals surface area contributed by atoms with Gasteiger partial charge in [-0.15, -0.1) is 11.3 Å². The van der Waals surface area contributed by atoms with Crippen LogP contribution in [0.1, 0.15) is 26.8 Å². The topological polar surface area (TPSA) is 75.5 Å². The molecule has 1 aromatic carbocycles. The summed E-state index contributed by atoms with van der Waals surface area (Å²) in [6, 6.07) is 8.51. The first kappa shape index (κ1) is 17.1. The van der Waals surface area contributed by atoms with Crippen molar-refractivity contribution in [2.75, 3.05) is 20.6 Å². The molecule has 0 fully saturated rings. The fraction of sp³-hybridized carbons (Fsp3) is 0.312. The number of rotatable bonds is 6. The molecule has 122 valence electrons. The van der Waals surface area contributed by atoms with Crippen molar-refractivity contribution < 1.29 is 9.72 Å². The molecule has 2 aromatic rings. The van der Waals surface area contributed by atoms with Crippen molar-refractivity contribution in [3.8, 4) is 0 Å². The van der Waals surface area contributed by atoms with Gasteiger partial charge in [0.15, 0.2) is 0 Å². The van der Waals surface area contributed by atoms with E-state index in [0.29, 0.717) is 17.7 Å². The molecule has 1 N–H and O–H groups in total. The Bertz CT molecular complexity index is 699. The smallest absolute Gasteiger partial charge is 0.272 e. The maximum absolute atomic E-state index is 12.3. The van der Waals surface area contributed by atoms with Crippen molar-refractivity contribution in [2.45, 2.75) is 13.0 Å². The number of nitrogens with one attached hydrogen (secondary N) is 1. The Kier molecular flexibility index (Phi) is 5.46. The van der Waals surface area contributed by atoms with Gasteiger partial charge in [-0.25, -0.2) is 0 Å². The third kappa shape index (κ3) is 4.14. The van der Waals surface area contributed by atoms with Crippen LogP contribution in [0.2, 0.25) is 0 Å². The van der Waals surface area contributed by atoms with Crippen LogP contribution in [0.5, 0.6) is 0 Å². The number of carbonyl (C=O) groups excluding carboxylic acids is 1. The number of nitro benzene ring substituents is 1. The highest BCUT2D eigenvalue weighted by atomic mass is 32.1. The van der Waals surface area contributed by atoms with Crippen molar-refractivity contribution in [3.05, 3.63) is 61.8 Å². The van der Waals surface area contributed by atoms with E-state index in [4.69, 9.17) is 0 Å². The molecule has 0 radical (unpaired) electrons. The minimum atomic E-state index is -0.449. The summed E-state index contributed by atoms with van der Waals surface area (Å²) in [5, 5.41) is 15.7. The van der Waals surface area contributed by atoms with Gasteiger partial charge >= 0.3 is 0 Å². The Morgan fingerprint density at radius 1 is 1.39 bits per heavy atom. The Hall–Kier alpha value is -2.25. The van der Waals surface area contributed by atoms with Crippen LogP contribution in [0.25, 0.3) is 0 Å². The molecule has 0 aliphatic carbocycles. The molecule has 2 rings (SSSR count). The molecule has 0 aliphatic rings. The summed E-state index contributed by atoms with van der Waals surface area (Å²) in [7, 11) is 3.93. The van der Waals surface area contributed by atoms with Gasteiger partial charge in [-0.05, 0) is 44.6 Å². The summed E-state index contributed by atoms with van der Waals surface area (Å²) >= 11 is 1.65. The van der Waals surface area contributed by atoms with Gasteiger partial charge in [-0.1, -0.05) is 6.07 Å². The lowest BCUT2D eigenvalue weighted by Gasteiger charge is -2.23. The number of nitro groups is 1. The molecule has 0 aliphatic heterocycles. The average Bonchev–Trinajstić information content (AvgIpc) is 3.00. The predicted octanol–water partition coefficient (Wildman–Crippen LogP) is 3.00. The van der Waals surface area contributed by atoms with Crippen LogP contribution in [-0.4, -0.2) is 36.4 Å². The van der Waals surface area contributed by atoms with E-state index in [0.717, 1.165) is 0 Å². The molecule has 0 saturated carbocycles. The standard InChI is InChI=1S/C16H19N3O3S/c1-11-9-12(6-7-13(11)19(21)22)16(20)17-10-14(18(2)3)15-5-4-8-23-15/h4-9,14H,10H2,1-3H3,(H,17,20). The zero-order valence-electron chi connectivity index (χ0n) is 13.3. The van der Waals surface area contributed by atoms with Crippen LogP contribution in [-0.2, 0) is 0 Å². The molecular weight excluding hydrogens is 314 g/mol. The zero-order valence-corrected chi connectivity index (χ0v) is 14.1. The van der Waals surface area contributed by atoms with Crippen molar-refractivity contribution in [3.63, 3.8) is 0 Å². The van der Waals surface area contributed by atoms with Gasteiger partial charge in [0, 0.05) is 28.6 Å². The molecule has 23 heavy (non-hydrogen) atoms. The van der Waals surface area contributed by atoms with Gasteiger partial charge in [-0.3, -0.25) is 14.9 Å². The fourth-order valence-electron chi connectivity index (χ4n) is 2.31. The number of benzene rings is 1. The monoisotopic (exact) mass is 333 g/mol. The maximum Gasteiger partial charge on any atom is 0.272 e. The number of amides is 1. The normalized spacial score (nSPS) is 12.2. The molecule has 6 nitrogen and oxygen atoms in total. The number of hydrogen-bond donors (Lipinski definition) is 1. The molecule has 1 atom stereocenters. The Labute approximate surface area is 138 Å². The van der Waals surface area contributed by atoms with E-state index in [1.165, 1.54) is 17.0 Å². The lowest BCUT2D eigenvalue weighted by atomic mass is 10.1. The number of thiophene rings is 1. The van der Waals surface area contributed by atoms with Gasteiger partial charge in [0.2, 0.25) is 0 Å². The minimum Gasteiger partial charge on any atom is -0.350 e. The van der Waals surface area contributed by atoms with Gasteiger partial charge in [0.25, 0.3) is 11.6 Å². The SMILES string of the molecule is Cc1cc(C(=O)NCC(c2cccs2)N(C)C)ccc1[N+](=O)[O-]. The van der Waals surface area contributed by atoms with Gasteiger partial charge < -0.3 is 10.2 Å². The minimum absolute atomic E-state index is 0.0197. The fourth-order valence-corrected chi connectivity index (χ4v) is 3.23. The second kappa shape index (κ2) is 7.34. The van der Waals surface area contributed by atoms with Crippen molar-refractivity contribution in [1.82, 2.24) is 10.2 Å². The third-order valence-electron chi connectivity index (χ3n) is 3.61. The zero-order chi connectivity index (χ0) is 17.0. The van der Waals surface area contributed by atoms with Gasteiger partial charge in [-0.2, -0.15) is 0 Å². The second-order valence-electron chi connectivity index (χ2n) is 5.46. The van der Waals surface area contributed by atoms with Crippen LogP contribution >= 0.6 is 11.3 Å². The van der Waals surface area contributed by atoms with E-state index < -0.39 is 4.92 Å². The summed E-state index contributed by atoms with van der Waals surface area (Å²) in [5.74, 6) is -0.230. The molecule has 1 heterocycles. The summed E-state index contributed by atoms with van der Waals surface area (Å²) in [6.45, 7) is 2.10. The number of likely N-dealkylation sites (N-methyl/N-ethyl adjacent to an activating group) is 1. The Morgan fingerprint density at radius 2 is 2.13 bits per heavy atom. The molecular formula is C16H19N3O3S. The van der Waals surface area contributed by atoms with Gasteiger partial charge in [0.05, 0.1) is 11.0 Å². The quantitative estimate of drug-likeness (QED) is 0.651. The number of carbonyl (C=O) groups is 1. The molecule has 0 spiro atoms. The first-order valence-electron chi connectivity index (χ1n) is 7.13. The number of nitrogens with zero attached hydrogens (tertiary/aromatic N) is 2. The maximum atomic E-state index is 12.3. The van der Waals surface area contributed by atoms with E-state index in [1.807, 2.05) is 36.5 Å². The molecule has 0 saturated heterocycles. The lowest BCUT2D eigenvalue weighted by molar-refractivity contribution is -0.385. The highest BCUT2D eigenvalue weighted by Crippen LogP contribution is 2.23. The molecule has 1 amide bonds. The molecule has 0 bridgehead atoms. The average molecular weight is 333 g/mol. The van der Waals surface area contributed by atoms with Crippen molar-refractivity contribution in [1.29, 1.82) is 0 Å². The number of aryl methyl sites for hydroxylation is 1. The first-order chi connectivity index (χ1) is 10.9. The summed E-state index contributed by atoms with van der Waals surface area (Å²) in [5.41, 5.74) is 0.924. The predicted molar refractivity (Wildman–Crippen MR) is 90.9 cm³/mol. The van der Waals surface area contributed by atoms with E-state index in [2.05, 4.69) is 5.32 Å². The van der Waals surface area contributed by atoms with E-state index >= 15 is 0 Å². The summed E-state index contributed by atoms with van der Waals surface area (Å²) in [4.78, 5) is 25.9. The van der Waals surface area contributed by atoms with Crippen LogP contribution < -0.4 is 5.32 Å². The summed E-state index contributed by atoms with van der Waals surface area (Å²) in [6.07, 6.45) is 0. The molecule has 1 unspecified atom stereocenters.